The van der Waals surface area contributed by atoms with Gasteiger partial charge in [-0.3, -0.25) is 4.90 Å². The largest absolute Gasteiger partial charge is 0.315 e. The molecule has 16 heavy (non-hydrogen) atoms. The summed E-state index contributed by atoms with van der Waals surface area (Å²) in [5.74, 6) is 0.843. The van der Waals surface area contributed by atoms with E-state index in [1.807, 2.05) is 0 Å². The van der Waals surface area contributed by atoms with Gasteiger partial charge in [0.25, 0.3) is 0 Å². The van der Waals surface area contributed by atoms with Crippen molar-refractivity contribution >= 4 is 0 Å². The molecule has 0 aromatic carbocycles. The van der Waals surface area contributed by atoms with E-state index in [1.165, 1.54) is 51.9 Å². The van der Waals surface area contributed by atoms with E-state index in [0.717, 1.165) is 12.0 Å². The first-order chi connectivity index (χ1) is 7.71. The van der Waals surface area contributed by atoms with Crippen LogP contribution in [0.25, 0.3) is 0 Å². The molecule has 0 spiro atoms. The Balaban J connectivity index is 1.89. The van der Waals surface area contributed by atoms with Crippen molar-refractivity contribution in [2.75, 3.05) is 26.2 Å². The molecule has 94 valence electrons. The highest BCUT2D eigenvalue weighted by atomic mass is 15.2. The Labute approximate surface area is 101 Å². The van der Waals surface area contributed by atoms with Crippen molar-refractivity contribution in [1.82, 2.24) is 10.2 Å². The van der Waals surface area contributed by atoms with E-state index < -0.39 is 0 Å². The van der Waals surface area contributed by atoms with Crippen LogP contribution in [0.4, 0.5) is 0 Å². The minimum atomic E-state index is 0.672. The van der Waals surface area contributed by atoms with E-state index in [1.54, 1.807) is 0 Å². The Bertz CT molecular complexity index is 213. The van der Waals surface area contributed by atoms with Crippen LogP contribution in [0.15, 0.2) is 0 Å². The highest BCUT2D eigenvalue weighted by molar-refractivity contribution is 4.91. The predicted octanol–water partition coefficient (Wildman–Crippen LogP) is 2.50. The summed E-state index contributed by atoms with van der Waals surface area (Å²) in [7, 11) is 0. The van der Waals surface area contributed by atoms with Crippen molar-refractivity contribution in [3.8, 4) is 0 Å². The van der Waals surface area contributed by atoms with Gasteiger partial charge in [-0.1, -0.05) is 33.6 Å². The molecule has 2 atom stereocenters. The molecule has 0 aromatic heterocycles. The van der Waals surface area contributed by atoms with E-state index in [4.69, 9.17) is 0 Å². The lowest BCUT2D eigenvalue weighted by molar-refractivity contribution is 0.0605. The molecule has 0 saturated carbocycles. The first kappa shape index (κ1) is 12.4. The van der Waals surface area contributed by atoms with Crippen LogP contribution < -0.4 is 5.32 Å². The molecule has 2 saturated heterocycles. The summed E-state index contributed by atoms with van der Waals surface area (Å²) < 4.78 is 0. The molecule has 2 heteroatoms. The molecule has 2 rings (SSSR count). The van der Waals surface area contributed by atoms with Crippen molar-refractivity contribution < 1.29 is 0 Å². The minimum absolute atomic E-state index is 0.672. The number of nitrogens with zero attached hydrogens (tertiary/aromatic N) is 1. The molecule has 0 amide bonds. The average Bonchev–Trinajstić information content (AvgIpc) is 2.76. The van der Waals surface area contributed by atoms with Gasteiger partial charge in [0.15, 0.2) is 0 Å². The van der Waals surface area contributed by atoms with Crippen molar-refractivity contribution in [2.24, 2.45) is 11.3 Å². The maximum atomic E-state index is 3.53. The maximum absolute atomic E-state index is 3.53. The number of rotatable bonds is 3. The maximum Gasteiger partial charge on any atom is 0.0258 e. The second-order valence-electron chi connectivity index (χ2n) is 5.95. The second-order valence-corrected chi connectivity index (χ2v) is 5.95. The molecule has 1 N–H and O–H groups in total. The van der Waals surface area contributed by atoms with Crippen molar-refractivity contribution in [3.05, 3.63) is 0 Å². The molecular weight excluding hydrogens is 196 g/mol. The molecule has 0 bridgehead atoms. The average molecular weight is 224 g/mol. The smallest absolute Gasteiger partial charge is 0.0258 e. The fourth-order valence-corrected chi connectivity index (χ4v) is 3.57. The van der Waals surface area contributed by atoms with Crippen LogP contribution in [-0.2, 0) is 0 Å². The summed E-state index contributed by atoms with van der Waals surface area (Å²) in [5.41, 5.74) is 0.672. The molecule has 0 aromatic rings. The zero-order chi connectivity index (χ0) is 11.6. The van der Waals surface area contributed by atoms with Crippen LogP contribution in [0.5, 0.6) is 0 Å². The van der Waals surface area contributed by atoms with Gasteiger partial charge in [0.05, 0.1) is 0 Å². The number of likely N-dealkylation sites (tertiary alicyclic amines) is 1. The Hall–Kier alpha value is -0.0800. The molecule has 2 heterocycles. The van der Waals surface area contributed by atoms with E-state index in [-0.39, 0.29) is 0 Å². The van der Waals surface area contributed by atoms with Gasteiger partial charge in [-0.2, -0.15) is 0 Å². The van der Waals surface area contributed by atoms with E-state index in [2.05, 4.69) is 31.0 Å². The van der Waals surface area contributed by atoms with Crippen LogP contribution in [0.3, 0.4) is 0 Å². The summed E-state index contributed by atoms with van der Waals surface area (Å²) >= 11 is 0. The second kappa shape index (κ2) is 5.05. The summed E-state index contributed by atoms with van der Waals surface area (Å²) in [6.45, 7) is 12.2. The fourth-order valence-electron chi connectivity index (χ4n) is 3.57. The van der Waals surface area contributed by atoms with Crippen LogP contribution in [0.1, 0.15) is 46.5 Å². The Kier molecular flexibility index (Phi) is 3.91. The van der Waals surface area contributed by atoms with Crippen LogP contribution in [0.2, 0.25) is 0 Å². The van der Waals surface area contributed by atoms with Gasteiger partial charge in [-0.05, 0) is 43.8 Å². The summed E-state index contributed by atoms with van der Waals surface area (Å²) in [6, 6.07) is 0.812. The number of hydrogen-bond donors (Lipinski definition) is 1. The highest BCUT2D eigenvalue weighted by Crippen LogP contribution is 2.39. The third-order valence-electron chi connectivity index (χ3n) is 5.30. The Morgan fingerprint density at radius 3 is 2.19 bits per heavy atom. The molecule has 0 radical (unpaired) electrons. The first-order valence-corrected chi connectivity index (χ1v) is 7.15. The standard InChI is InChI=1S/C14H28N2/c1-4-14(5-2)6-8-16(9-7-14)13-11-15-10-12(13)3/h12-13,15H,4-11H2,1-3H3. The molecular formula is C14H28N2. The van der Waals surface area contributed by atoms with Gasteiger partial charge in [-0.15, -0.1) is 0 Å². The highest BCUT2D eigenvalue weighted by Gasteiger charge is 2.36. The Morgan fingerprint density at radius 2 is 1.75 bits per heavy atom. The zero-order valence-corrected chi connectivity index (χ0v) is 11.3. The normalized spacial score (nSPS) is 35.4. The van der Waals surface area contributed by atoms with Gasteiger partial charge >= 0.3 is 0 Å². The molecule has 2 aliphatic heterocycles. The van der Waals surface area contributed by atoms with Gasteiger partial charge in [0, 0.05) is 12.6 Å². The number of piperidine rings is 1. The fraction of sp³-hybridized carbons (Fsp3) is 1.00. The van der Waals surface area contributed by atoms with Gasteiger partial charge in [0.2, 0.25) is 0 Å². The van der Waals surface area contributed by atoms with Crippen molar-refractivity contribution in [2.45, 2.75) is 52.5 Å². The van der Waals surface area contributed by atoms with E-state index in [9.17, 15) is 0 Å². The van der Waals surface area contributed by atoms with Crippen molar-refractivity contribution in [3.63, 3.8) is 0 Å². The molecule has 2 unspecified atom stereocenters. The van der Waals surface area contributed by atoms with Crippen LogP contribution in [0, 0.1) is 11.3 Å². The SMILES string of the molecule is CCC1(CC)CCN(C2CNCC2C)CC1. The lowest BCUT2D eigenvalue weighted by atomic mass is 9.74. The van der Waals surface area contributed by atoms with Gasteiger partial charge in [0.1, 0.15) is 0 Å². The third kappa shape index (κ3) is 2.28. The van der Waals surface area contributed by atoms with Gasteiger partial charge in [-0.25, -0.2) is 0 Å². The minimum Gasteiger partial charge on any atom is -0.315 e. The lowest BCUT2D eigenvalue weighted by Gasteiger charge is -2.44. The molecule has 0 aliphatic carbocycles. The van der Waals surface area contributed by atoms with E-state index >= 15 is 0 Å². The third-order valence-corrected chi connectivity index (χ3v) is 5.30. The quantitative estimate of drug-likeness (QED) is 0.792. The molecule has 2 fully saturated rings. The monoisotopic (exact) mass is 224 g/mol. The van der Waals surface area contributed by atoms with Gasteiger partial charge < -0.3 is 5.32 Å². The molecule has 2 aliphatic rings. The Morgan fingerprint density at radius 1 is 1.12 bits per heavy atom. The molecule has 2 nitrogen and oxygen atoms in total. The first-order valence-electron chi connectivity index (χ1n) is 7.15. The van der Waals surface area contributed by atoms with Crippen molar-refractivity contribution in [1.29, 1.82) is 0 Å². The van der Waals surface area contributed by atoms with Crippen LogP contribution in [-0.4, -0.2) is 37.1 Å². The van der Waals surface area contributed by atoms with E-state index in [0.29, 0.717) is 5.41 Å². The lowest BCUT2D eigenvalue weighted by Crippen LogP contribution is -2.47. The number of hydrogen-bond acceptors (Lipinski definition) is 2. The topological polar surface area (TPSA) is 15.3 Å². The van der Waals surface area contributed by atoms with Crippen LogP contribution >= 0.6 is 0 Å². The summed E-state index contributed by atoms with van der Waals surface area (Å²) in [6.07, 6.45) is 5.58. The summed E-state index contributed by atoms with van der Waals surface area (Å²) in [4.78, 5) is 2.74. The zero-order valence-electron chi connectivity index (χ0n) is 11.3. The number of nitrogens with one attached hydrogen (secondary N) is 1. The summed E-state index contributed by atoms with van der Waals surface area (Å²) in [5, 5.41) is 3.53. The predicted molar refractivity (Wildman–Crippen MR) is 69.6 cm³/mol.